The van der Waals surface area contributed by atoms with E-state index in [1.807, 2.05) is 16.8 Å². The summed E-state index contributed by atoms with van der Waals surface area (Å²) in [5.41, 5.74) is 3.23. The van der Waals surface area contributed by atoms with E-state index < -0.39 is 0 Å². The highest BCUT2D eigenvalue weighted by molar-refractivity contribution is 7.08. The molecule has 1 aromatic heterocycles. The van der Waals surface area contributed by atoms with Crippen LogP contribution < -0.4 is 5.32 Å². The molecule has 1 aromatic carbocycles. The zero-order valence-electron chi connectivity index (χ0n) is 12.2. The quantitative estimate of drug-likeness (QED) is 0.865. The zero-order chi connectivity index (χ0) is 14.5. The van der Waals surface area contributed by atoms with Crippen molar-refractivity contribution in [3.63, 3.8) is 0 Å². The summed E-state index contributed by atoms with van der Waals surface area (Å²) in [6, 6.07) is 10.4. The van der Waals surface area contributed by atoms with Crippen LogP contribution in [0.3, 0.4) is 0 Å². The van der Waals surface area contributed by atoms with Gasteiger partial charge in [0.2, 0.25) is 0 Å². The number of benzene rings is 1. The molecule has 2 rings (SSSR count). The second-order valence-corrected chi connectivity index (χ2v) is 6.08. The van der Waals surface area contributed by atoms with E-state index in [4.69, 9.17) is 0 Å². The molecule has 0 spiro atoms. The fourth-order valence-electron chi connectivity index (χ4n) is 2.21. The van der Waals surface area contributed by atoms with Gasteiger partial charge in [0.15, 0.2) is 0 Å². The molecular weight excluding hydrogens is 266 g/mol. The maximum absolute atomic E-state index is 12.2. The van der Waals surface area contributed by atoms with Crippen LogP contribution in [0.15, 0.2) is 41.1 Å². The van der Waals surface area contributed by atoms with Gasteiger partial charge in [-0.1, -0.05) is 45.0 Å². The number of amides is 1. The van der Waals surface area contributed by atoms with Gasteiger partial charge in [-0.15, -0.1) is 0 Å². The second kappa shape index (κ2) is 6.71. The molecule has 1 heterocycles. The average molecular weight is 287 g/mol. The van der Waals surface area contributed by atoms with Gasteiger partial charge in [-0.05, 0) is 34.9 Å². The molecule has 0 fully saturated rings. The highest BCUT2D eigenvalue weighted by atomic mass is 32.1. The summed E-state index contributed by atoms with van der Waals surface area (Å²) < 4.78 is 0. The number of hydrogen-bond acceptors (Lipinski definition) is 2. The second-order valence-electron chi connectivity index (χ2n) is 5.30. The maximum atomic E-state index is 12.2. The summed E-state index contributed by atoms with van der Waals surface area (Å²) in [6.07, 6.45) is 1.04. The van der Waals surface area contributed by atoms with E-state index in [1.54, 1.807) is 11.3 Å². The smallest absolute Gasteiger partial charge is 0.252 e. The molecule has 0 aliphatic heterocycles. The molecule has 0 aliphatic carbocycles. The zero-order valence-corrected chi connectivity index (χ0v) is 13.0. The van der Waals surface area contributed by atoms with Gasteiger partial charge >= 0.3 is 0 Å². The number of carbonyl (C=O) groups excluding carboxylic acids is 1. The van der Waals surface area contributed by atoms with E-state index in [0.29, 0.717) is 5.92 Å². The molecule has 0 saturated carbocycles. The van der Waals surface area contributed by atoms with Crippen molar-refractivity contribution in [1.82, 2.24) is 5.32 Å². The van der Waals surface area contributed by atoms with Crippen molar-refractivity contribution in [2.75, 3.05) is 0 Å². The Balaban J connectivity index is 2.16. The molecule has 0 aliphatic rings. The summed E-state index contributed by atoms with van der Waals surface area (Å²) in [5, 5.41) is 6.95. The fraction of sp³-hybridized carbons (Fsp3) is 0.353. The molecule has 0 radical (unpaired) electrons. The third-order valence-corrected chi connectivity index (χ3v) is 4.17. The normalized spacial score (nSPS) is 12.4. The van der Waals surface area contributed by atoms with Crippen LogP contribution in [0.4, 0.5) is 0 Å². The Labute approximate surface area is 124 Å². The lowest BCUT2D eigenvalue weighted by molar-refractivity contribution is 0.0926. The summed E-state index contributed by atoms with van der Waals surface area (Å²) in [6.45, 7) is 6.41. The van der Waals surface area contributed by atoms with Crippen LogP contribution in [0.1, 0.15) is 48.3 Å². The number of nitrogens with one attached hydrogen (secondary N) is 1. The number of thiophene rings is 1. The molecular formula is C17H21NOS. The molecule has 20 heavy (non-hydrogen) atoms. The minimum atomic E-state index is 0.00418. The maximum Gasteiger partial charge on any atom is 0.252 e. The van der Waals surface area contributed by atoms with Crippen LogP contribution in [0.2, 0.25) is 0 Å². The van der Waals surface area contributed by atoms with Crippen molar-refractivity contribution >= 4 is 17.2 Å². The van der Waals surface area contributed by atoms with Gasteiger partial charge in [0.25, 0.3) is 5.91 Å². The van der Waals surface area contributed by atoms with Crippen molar-refractivity contribution < 1.29 is 4.79 Å². The Morgan fingerprint density at radius 1 is 1.20 bits per heavy atom. The molecule has 1 atom stereocenters. The van der Waals surface area contributed by atoms with Crippen LogP contribution in [-0.4, -0.2) is 5.91 Å². The Kier molecular flexibility index (Phi) is 4.96. The standard InChI is InChI=1S/C17H21NOS/c1-4-13-5-7-14(8-6-13)16(12(2)3)18-17(19)15-9-10-20-11-15/h5-12,16H,4H2,1-3H3,(H,18,19). The predicted octanol–water partition coefficient (Wildman–Crippen LogP) is 4.44. The van der Waals surface area contributed by atoms with Gasteiger partial charge in [-0.25, -0.2) is 0 Å². The number of rotatable bonds is 5. The number of carbonyl (C=O) groups is 1. The third-order valence-electron chi connectivity index (χ3n) is 3.48. The van der Waals surface area contributed by atoms with Gasteiger partial charge in [0.05, 0.1) is 11.6 Å². The SMILES string of the molecule is CCc1ccc(C(NC(=O)c2ccsc2)C(C)C)cc1. The summed E-state index contributed by atoms with van der Waals surface area (Å²) in [7, 11) is 0. The summed E-state index contributed by atoms with van der Waals surface area (Å²) in [4.78, 5) is 12.2. The Bertz CT molecular complexity index is 543. The van der Waals surface area contributed by atoms with E-state index in [1.165, 1.54) is 11.1 Å². The number of hydrogen-bond donors (Lipinski definition) is 1. The molecule has 1 N–H and O–H groups in total. The van der Waals surface area contributed by atoms with Crippen molar-refractivity contribution in [1.29, 1.82) is 0 Å². The van der Waals surface area contributed by atoms with Crippen LogP contribution in [0, 0.1) is 5.92 Å². The predicted molar refractivity (Wildman–Crippen MR) is 85.2 cm³/mol. The van der Waals surface area contributed by atoms with Crippen molar-refractivity contribution in [2.24, 2.45) is 5.92 Å². The van der Waals surface area contributed by atoms with Crippen molar-refractivity contribution in [2.45, 2.75) is 33.2 Å². The Morgan fingerprint density at radius 3 is 2.40 bits per heavy atom. The lowest BCUT2D eigenvalue weighted by Gasteiger charge is -2.23. The van der Waals surface area contributed by atoms with Crippen LogP contribution in [-0.2, 0) is 6.42 Å². The molecule has 0 bridgehead atoms. The monoisotopic (exact) mass is 287 g/mol. The molecule has 1 amide bonds. The molecule has 106 valence electrons. The first-order chi connectivity index (χ1) is 9.61. The van der Waals surface area contributed by atoms with Crippen LogP contribution in [0.5, 0.6) is 0 Å². The van der Waals surface area contributed by atoms with E-state index >= 15 is 0 Å². The summed E-state index contributed by atoms with van der Waals surface area (Å²) in [5.74, 6) is 0.356. The lowest BCUT2D eigenvalue weighted by atomic mass is 9.94. The fourth-order valence-corrected chi connectivity index (χ4v) is 2.85. The van der Waals surface area contributed by atoms with Crippen LogP contribution >= 0.6 is 11.3 Å². The third kappa shape index (κ3) is 3.48. The van der Waals surface area contributed by atoms with E-state index in [0.717, 1.165) is 12.0 Å². The van der Waals surface area contributed by atoms with Gasteiger partial charge in [0.1, 0.15) is 0 Å². The Morgan fingerprint density at radius 2 is 1.90 bits per heavy atom. The molecule has 2 nitrogen and oxygen atoms in total. The Hall–Kier alpha value is -1.61. The first-order valence-electron chi connectivity index (χ1n) is 7.03. The average Bonchev–Trinajstić information content (AvgIpc) is 2.98. The minimum absolute atomic E-state index is 0.00418. The first kappa shape index (κ1) is 14.8. The topological polar surface area (TPSA) is 29.1 Å². The van der Waals surface area contributed by atoms with Gasteiger partial charge in [0, 0.05) is 5.38 Å². The molecule has 2 aromatic rings. The van der Waals surface area contributed by atoms with E-state index in [-0.39, 0.29) is 11.9 Å². The largest absolute Gasteiger partial charge is 0.345 e. The van der Waals surface area contributed by atoms with Gasteiger partial charge in [-0.3, -0.25) is 4.79 Å². The van der Waals surface area contributed by atoms with Crippen molar-refractivity contribution in [3.8, 4) is 0 Å². The van der Waals surface area contributed by atoms with E-state index in [9.17, 15) is 4.79 Å². The van der Waals surface area contributed by atoms with Crippen molar-refractivity contribution in [3.05, 3.63) is 57.8 Å². The van der Waals surface area contributed by atoms with E-state index in [2.05, 4.69) is 50.4 Å². The molecule has 3 heteroatoms. The van der Waals surface area contributed by atoms with Gasteiger partial charge in [-0.2, -0.15) is 11.3 Å². The number of aryl methyl sites for hydroxylation is 1. The van der Waals surface area contributed by atoms with Gasteiger partial charge < -0.3 is 5.32 Å². The summed E-state index contributed by atoms with van der Waals surface area (Å²) >= 11 is 1.54. The lowest BCUT2D eigenvalue weighted by Crippen LogP contribution is -2.31. The highest BCUT2D eigenvalue weighted by Gasteiger charge is 2.19. The highest BCUT2D eigenvalue weighted by Crippen LogP contribution is 2.23. The first-order valence-corrected chi connectivity index (χ1v) is 7.98. The molecule has 1 unspecified atom stereocenters. The molecule has 0 saturated heterocycles. The minimum Gasteiger partial charge on any atom is -0.345 e. The van der Waals surface area contributed by atoms with Crippen LogP contribution in [0.25, 0.3) is 0 Å².